The fourth-order valence-corrected chi connectivity index (χ4v) is 6.89. The van der Waals surface area contributed by atoms with E-state index in [4.69, 9.17) is 53.1 Å². The van der Waals surface area contributed by atoms with Crippen LogP contribution in [0.25, 0.3) is 17.3 Å². The number of hydrogen-bond acceptors (Lipinski definition) is 20. The van der Waals surface area contributed by atoms with Crippen LogP contribution in [0, 0.1) is 0 Å². The molecule has 4 amide bonds. The average Bonchev–Trinajstić information content (AvgIpc) is 3.92. The van der Waals surface area contributed by atoms with Crippen molar-refractivity contribution in [3.05, 3.63) is 47.9 Å². The minimum absolute atomic E-state index is 0.0393. The summed E-state index contributed by atoms with van der Waals surface area (Å²) in [4.78, 5) is 59.9. The van der Waals surface area contributed by atoms with Crippen LogP contribution in [0.3, 0.4) is 0 Å². The standard InChI is InChI=1S/C49H77N9O15/c1-3-10-56(11-4-2)49(63)39-33-42-43(54-44(50)35-39)34-40(36-53-42)41-7-12-57(55-41)37-45(59)51-8-13-64-15-17-66-19-21-68-23-25-70-27-29-72-31-32-73-30-28-71-26-24-69-22-20-67-18-16-65-14-9-52-46(60)38-58-47(61)5-6-48(58)62/h5-7,12,33-34,36,45,51,59H,3-4,8-11,13-32,35,37-38H2,1-2H3,(H2,50,54)(H,52,60). The van der Waals surface area contributed by atoms with Crippen LogP contribution in [0.4, 0.5) is 5.69 Å². The Bertz CT molecular complexity index is 1980. The molecule has 1 unspecified atom stereocenters. The third kappa shape index (κ3) is 25.6. The monoisotopic (exact) mass is 1030 g/mol. The van der Waals surface area contributed by atoms with Gasteiger partial charge in [0.05, 0.1) is 156 Å². The largest absolute Gasteiger partial charge is 0.387 e. The van der Waals surface area contributed by atoms with Crippen molar-refractivity contribution in [3.8, 4) is 11.3 Å². The Kier molecular flexibility index (Phi) is 31.2. The van der Waals surface area contributed by atoms with Crippen LogP contribution in [0.15, 0.2) is 47.2 Å². The van der Waals surface area contributed by atoms with Gasteiger partial charge >= 0.3 is 0 Å². The first-order valence-electron chi connectivity index (χ1n) is 25.0. The van der Waals surface area contributed by atoms with Crippen molar-refractivity contribution < 1.29 is 71.7 Å². The van der Waals surface area contributed by atoms with Gasteiger partial charge in [0, 0.05) is 68.3 Å². The average molecular weight is 1030 g/mol. The molecule has 2 aliphatic heterocycles. The molecule has 0 aliphatic carbocycles. The topological polar surface area (TPSA) is 280 Å². The Labute approximate surface area is 427 Å². The number of fused-ring (bicyclic) bond motifs is 1. The predicted octanol–water partition coefficient (Wildman–Crippen LogP) is 0.485. The van der Waals surface area contributed by atoms with E-state index in [1.165, 1.54) is 0 Å². The zero-order valence-electron chi connectivity index (χ0n) is 42.5. The Morgan fingerprint density at radius 3 is 1.66 bits per heavy atom. The van der Waals surface area contributed by atoms with Crippen molar-refractivity contribution in [1.82, 2.24) is 35.2 Å². The second kappa shape index (κ2) is 37.6. The summed E-state index contributed by atoms with van der Waals surface area (Å²) >= 11 is 0. The Hall–Kier alpha value is -5.09. The summed E-state index contributed by atoms with van der Waals surface area (Å²) in [5.41, 5.74) is 9.38. The summed E-state index contributed by atoms with van der Waals surface area (Å²) in [6.45, 7) is 14.5. The van der Waals surface area contributed by atoms with E-state index in [0.29, 0.717) is 174 Å². The molecule has 0 radical (unpaired) electrons. The van der Waals surface area contributed by atoms with Crippen LogP contribution >= 0.6 is 0 Å². The minimum Gasteiger partial charge on any atom is -0.387 e. The summed E-state index contributed by atoms with van der Waals surface area (Å²) in [6.07, 6.45) is 8.70. The number of nitrogens with one attached hydrogen (secondary N) is 2. The van der Waals surface area contributed by atoms with Crippen LogP contribution in [-0.2, 0) is 73.1 Å². The zero-order valence-corrected chi connectivity index (χ0v) is 42.5. The summed E-state index contributed by atoms with van der Waals surface area (Å²) < 4.78 is 56.6. The molecule has 1 atom stereocenters. The second-order valence-corrected chi connectivity index (χ2v) is 16.3. The maximum Gasteiger partial charge on any atom is 0.254 e. The molecule has 5 N–H and O–H groups in total. The molecule has 0 saturated heterocycles. The highest BCUT2D eigenvalue weighted by Crippen LogP contribution is 2.30. The van der Waals surface area contributed by atoms with Gasteiger partial charge in [-0.05, 0) is 31.1 Å². The summed E-state index contributed by atoms with van der Waals surface area (Å²) in [6, 6.07) is 3.70. The van der Waals surface area contributed by atoms with Crippen LogP contribution in [0.1, 0.15) is 38.8 Å². The highest BCUT2D eigenvalue weighted by molar-refractivity contribution is 6.14. The van der Waals surface area contributed by atoms with Crippen LogP contribution < -0.4 is 16.4 Å². The SMILES string of the molecule is CCCN(CCC)C(=O)C1=Cc2ncc(-c3ccn(CC(O)NCCOCCOCCOCCOCCOCCOCCOCCOCCOCCOCCNC(=O)CN4C(=O)C=CC4=O)n3)cc2N=C(N)C1. The zero-order chi connectivity index (χ0) is 52.1. The molecule has 0 aromatic carbocycles. The van der Waals surface area contributed by atoms with Crippen LogP contribution in [0.5, 0.6) is 0 Å². The molecule has 0 spiro atoms. The number of aliphatic imine (C=N–C) groups is 1. The number of aromatic nitrogens is 3. The first kappa shape index (κ1) is 60.5. The Morgan fingerprint density at radius 1 is 0.712 bits per heavy atom. The van der Waals surface area contributed by atoms with Gasteiger partial charge in [-0.25, -0.2) is 4.99 Å². The third-order valence-corrected chi connectivity index (χ3v) is 10.4. The number of aliphatic hydroxyl groups is 1. The number of aliphatic hydroxyl groups excluding tert-OH is 1. The molecule has 408 valence electrons. The first-order chi connectivity index (χ1) is 35.7. The molecular weight excluding hydrogens is 955 g/mol. The lowest BCUT2D eigenvalue weighted by Gasteiger charge is -2.22. The van der Waals surface area contributed by atoms with Crippen LogP contribution in [-0.4, -0.2) is 230 Å². The van der Waals surface area contributed by atoms with Crippen molar-refractivity contribution in [2.75, 3.05) is 165 Å². The number of ether oxygens (including phenoxy) is 10. The summed E-state index contributed by atoms with van der Waals surface area (Å²) in [5.74, 6) is -1.12. The van der Waals surface area contributed by atoms with E-state index in [1.54, 1.807) is 23.2 Å². The molecule has 24 heteroatoms. The fraction of sp³-hybridized carbons (Fsp3) is 0.653. The van der Waals surface area contributed by atoms with E-state index >= 15 is 0 Å². The Morgan fingerprint density at radius 2 is 1.18 bits per heavy atom. The molecule has 2 aromatic heterocycles. The molecule has 0 bridgehead atoms. The van der Waals surface area contributed by atoms with Gasteiger partial charge in [0.2, 0.25) is 11.8 Å². The molecule has 0 saturated carbocycles. The van der Waals surface area contributed by atoms with Crippen molar-refractivity contribution in [2.24, 2.45) is 10.7 Å². The lowest BCUT2D eigenvalue weighted by Crippen LogP contribution is -2.41. The predicted molar refractivity (Wildman–Crippen MR) is 268 cm³/mol. The van der Waals surface area contributed by atoms with Gasteiger partial charge in [-0.15, -0.1) is 0 Å². The Balaban J connectivity index is 0.844. The van der Waals surface area contributed by atoms with Crippen molar-refractivity contribution >= 4 is 41.2 Å². The van der Waals surface area contributed by atoms with E-state index in [1.807, 2.05) is 17.0 Å². The molecule has 24 nitrogen and oxygen atoms in total. The van der Waals surface area contributed by atoms with E-state index < -0.39 is 23.9 Å². The van der Waals surface area contributed by atoms with Gasteiger partial charge in [-0.3, -0.25) is 39.1 Å². The normalized spacial score (nSPS) is 13.8. The molecular formula is C49H77N9O15. The number of hydrogen-bond donors (Lipinski definition) is 4. The third-order valence-electron chi connectivity index (χ3n) is 10.4. The molecule has 4 heterocycles. The molecule has 4 rings (SSSR count). The molecule has 2 aliphatic rings. The van der Waals surface area contributed by atoms with E-state index in [2.05, 4.69) is 39.6 Å². The van der Waals surface area contributed by atoms with E-state index in [9.17, 15) is 24.3 Å². The fourth-order valence-electron chi connectivity index (χ4n) is 6.89. The van der Waals surface area contributed by atoms with Gasteiger partial charge in [-0.2, -0.15) is 5.10 Å². The number of amides is 4. The van der Waals surface area contributed by atoms with E-state index in [0.717, 1.165) is 35.5 Å². The number of amidine groups is 1. The highest BCUT2D eigenvalue weighted by Gasteiger charge is 2.25. The lowest BCUT2D eigenvalue weighted by atomic mass is 10.1. The van der Waals surface area contributed by atoms with Crippen molar-refractivity contribution in [3.63, 3.8) is 0 Å². The molecule has 73 heavy (non-hydrogen) atoms. The minimum atomic E-state index is -0.840. The smallest absolute Gasteiger partial charge is 0.254 e. The van der Waals surface area contributed by atoms with Crippen molar-refractivity contribution in [2.45, 2.75) is 45.9 Å². The number of pyridine rings is 1. The number of nitrogens with two attached hydrogens (primary N) is 1. The quantitative estimate of drug-likeness (QED) is 0.0399. The maximum absolute atomic E-state index is 13.3. The van der Waals surface area contributed by atoms with E-state index in [-0.39, 0.29) is 38.6 Å². The molecule has 2 aromatic rings. The number of nitrogens with zero attached hydrogens (tertiary/aromatic N) is 6. The number of rotatable bonds is 44. The maximum atomic E-state index is 13.3. The number of carbonyl (C=O) groups excluding carboxylic acids is 4. The summed E-state index contributed by atoms with van der Waals surface area (Å²) in [7, 11) is 0. The van der Waals surface area contributed by atoms with Gasteiger partial charge in [-0.1, -0.05) is 13.8 Å². The van der Waals surface area contributed by atoms with Gasteiger partial charge in [0.25, 0.3) is 11.8 Å². The highest BCUT2D eigenvalue weighted by atomic mass is 16.6. The number of imide groups is 1. The summed E-state index contributed by atoms with van der Waals surface area (Å²) in [5, 5.41) is 20.8. The molecule has 0 fully saturated rings. The lowest BCUT2D eigenvalue weighted by molar-refractivity contribution is -0.141. The number of carbonyl (C=O) groups is 4. The van der Waals surface area contributed by atoms with Crippen LogP contribution in [0.2, 0.25) is 0 Å². The van der Waals surface area contributed by atoms with Gasteiger partial charge in [0.15, 0.2) is 0 Å². The van der Waals surface area contributed by atoms with Gasteiger partial charge < -0.3 is 68.4 Å². The van der Waals surface area contributed by atoms with Gasteiger partial charge in [0.1, 0.15) is 18.6 Å². The first-order valence-corrected chi connectivity index (χ1v) is 25.0. The van der Waals surface area contributed by atoms with Crippen molar-refractivity contribution in [1.29, 1.82) is 0 Å². The second-order valence-electron chi connectivity index (χ2n) is 16.3.